The van der Waals surface area contributed by atoms with E-state index in [1.807, 2.05) is 6.92 Å². The minimum Gasteiger partial charge on any atom is -0.325 e. The second-order valence-corrected chi connectivity index (χ2v) is 5.36. The molecule has 4 nitrogen and oxygen atoms in total. The van der Waals surface area contributed by atoms with Crippen molar-refractivity contribution in [1.82, 2.24) is 0 Å². The summed E-state index contributed by atoms with van der Waals surface area (Å²) in [6, 6.07) is -0.339. The molecule has 12 heavy (non-hydrogen) atoms. The molecule has 1 unspecified atom stereocenters. The van der Waals surface area contributed by atoms with Gasteiger partial charge in [-0.1, -0.05) is 6.92 Å². The first-order valence-corrected chi connectivity index (χ1v) is 5.90. The molecule has 4 N–H and O–H groups in total. The molecule has 0 spiro atoms. The molecule has 0 aliphatic carbocycles. The van der Waals surface area contributed by atoms with E-state index in [9.17, 15) is 14.6 Å². The topological polar surface area (TPSA) is 83.5 Å². The second kappa shape index (κ2) is 4.87. The van der Waals surface area contributed by atoms with Gasteiger partial charge in [0, 0.05) is 12.5 Å². The molecule has 0 saturated heterocycles. The van der Waals surface area contributed by atoms with Crippen molar-refractivity contribution in [3.8, 4) is 0 Å². The molecule has 0 aromatic rings. The van der Waals surface area contributed by atoms with Crippen LogP contribution in [-0.2, 0) is 4.79 Å². The van der Waals surface area contributed by atoms with Crippen LogP contribution < -0.4 is 5.73 Å². The van der Waals surface area contributed by atoms with Crippen LogP contribution in [0.1, 0.15) is 26.7 Å². The highest BCUT2D eigenvalue weighted by molar-refractivity contribution is 7.81. The predicted molar refractivity (Wildman–Crippen MR) is 49.8 cm³/mol. The molecule has 0 saturated carbocycles. The molecular weight excluding hydrogens is 177 g/mol. The number of hydrogen-bond acceptors (Lipinski definition) is 4. The summed E-state index contributed by atoms with van der Waals surface area (Å²) in [7, 11) is -3.37. The Labute approximate surface area is 73.3 Å². The fourth-order valence-electron chi connectivity index (χ4n) is 0.896. The molecule has 0 amide bonds. The van der Waals surface area contributed by atoms with Gasteiger partial charge in [-0.25, -0.2) is 14.6 Å². The summed E-state index contributed by atoms with van der Waals surface area (Å²) in [5.74, 6) is 0. The quantitative estimate of drug-likeness (QED) is 0.556. The van der Waals surface area contributed by atoms with Crippen LogP contribution in [0.15, 0.2) is 0 Å². The Bertz CT molecular complexity index is 159. The molecule has 0 aliphatic rings. The summed E-state index contributed by atoms with van der Waals surface area (Å²) in [5, 5.41) is 0. The van der Waals surface area contributed by atoms with Gasteiger partial charge in [0.05, 0.1) is 0 Å². The molecule has 0 radical (unpaired) electrons. The summed E-state index contributed by atoms with van der Waals surface area (Å²) in [6.07, 6.45) is 0.875. The molecule has 0 heterocycles. The Morgan fingerprint density at radius 3 is 2.42 bits per heavy atom. The molecule has 1 atom stereocenters. The average molecular weight is 194 g/mol. The van der Waals surface area contributed by atoms with Gasteiger partial charge in [0.15, 0.2) is 0 Å². The SMILES string of the molecule is CCCC(=O)[P+](O)(O)CC(C)N. The highest BCUT2D eigenvalue weighted by Gasteiger charge is 2.43. The van der Waals surface area contributed by atoms with Crippen molar-refractivity contribution >= 4 is 13.2 Å². The molecule has 72 valence electrons. The third-order valence-electron chi connectivity index (χ3n) is 1.41. The zero-order chi connectivity index (χ0) is 9.78. The fraction of sp³-hybridized carbons (Fsp3) is 0.857. The van der Waals surface area contributed by atoms with Crippen molar-refractivity contribution in [3.05, 3.63) is 0 Å². The van der Waals surface area contributed by atoms with E-state index in [0.29, 0.717) is 6.42 Å². The molecule has 0 bridgehead atoms. The van der Waals surface area contributed by atoms with Crippen LogP contribution in [0.2, 0.25) is 0 Å². The number of hydrogen-bond donors (Lipinski definition) is 3. The predicted octanol–water partition coefficient (Wildman–Crippen LogP) is 0.493. The Morgan fingerprint density at radius 1 is 1.58 bits per heavy atom. The van der Waals surface area contributed by atoms with Gasteiger partial charge in [0.1, 0.15) is 6.16 Å². The van der Waals surface area contributed by atoms with Gasteiger partial charge in [0.2, 0.25) is 0 Å². The minimum absolute atomic E-state index is 0.00579. The first-order chi connectivity index (χ1) is 5.40. The lowest BCUT2D eigenvalue weighted by atomic mass is 10.4. The van der Waals surface area contributed by atoms with E-state index in [2.05, 4.69) is 0 Å². The maximum absolute atomic E-state index is 11.1. The standard InChI is InChI=1S/C7H17NO3P/c1-3-4-7(9)12(10,11)5-6(2)8/h6,10-11H,3-5,8H2,1-2H3/q+1. The molecule has 0 rings (SSSR count). The van der Waals surface area contributed by atoms with Crippen LogP contribution in [0.4, 0.5) is 0 Å². The summed E-state index contributed by atoms with van der Waals surface area (Å²) in [4.78, 5) is 29.7. The molecule has 0 aromatic heterocycles. The van der Waals surface area contributed by atoms with Crippen LogP contribution in [0.3, 0.4) is 0 Å². The van der Waals surface area contributed by atoms with Gasteiger partial charge >= 0.3 is 13.2 Å². The van der Waals surface area contributed by atoms with Crippen molar-refractivity contribution < 1.29 is 14.6 Å². The fourth-order valence-corrected chi connectivity index (χ4v) is 2.48. The van der Waals surface area contributed by atoms with Crippen LogP contribution in [0.25, 0.3) is 0 Å². The van der Waals surface area contributed by atoms with Gasteiger partial charge in [-0.05, 0) is 13.3 Å². The van der Waals surface area contributed by atoms with E-state index in [4.69, 9.17) is 5.73 Å². The van der Waals surface area contributed by atoms with Crippen LogP contribution in [-0.4, -0.2) is 27.5 Å². The third kappa shape index (κ3) is 4.12. The number of nitrogens with two attached hydrogens (primary N) is 1. The van der Waals surface area contributed by atoms with Crippen molar-refractivity contribution in [2.24, 2.45) is 5.73 Å². The zero-order valence-corrected chi connectivity index (χ0v) is 8.42. The largest absolute Gasteiger partial charge is 0.338 e. The lowest BCUT2D eigenvalue weighted by molar-refractivity contribution is -0.113. The first kappa shape index (κ1) is 12.0. The smallest absolute Gasteiger partial charge is 0.325 e. The van der Waals surface area contributed by atoms with Crippen LogP contribution in [0, 0.1) is 0 Å². The minimum atomic E-state index is -3.37. The Morgan fingerprint density at radius 2 is 2.08 bits per heavy atom. The summed E-state index contributed by atoms with van der Waals surface area (Å²) < 4.78 is 0. The highest BCUT2D eigenvalue weighted by Crippen LogP contribution is 2.52. The van der Waals surface area contributed by atoms with Crippen molar-refractivity contribution in [2.45, 2.75) is 32.7 Å². The third-order valence-corrected chi connectivity index (χ3v) is 3.51. The summed E-state index contributed by atoms with van der Waals surface area (Å²) >= 11 is 0. The van der Waals surface area contributed by atoms with Crippen molar-refractivity contribution in [2.75, 3.05) is 6.16 Å². The van der Waals surface area contributed by atoms with Gasteiger partial charge < -0.3 is 5.73 Å². The van der Waals surface area contributed by atoms with Gasteiger partial charge in [-0.2, -0.15) is 0 Å². The molecular formula is C7H17NO3P+. The van der Waals surface area contributed by atoms with E-state index in [1.54, 1.807) is 6.92 Å². The van der Waals surface area contributed by atoms with Crippen LogP contribution in [0.5, 0.6) is 0 Å². The molecule has 0 fully saturated rings. The van der Waals surface area contributed by atoms with Crippen molar-refractivity contribution in [3.63, 3.8) is 0 Å². The number of carbonyl (C=O) groups excluding carboxylic acids is 1. The Kier molecular flexibility index (Phi) is 4.87. The maximum Gasteiger partial charge on any atom is 0.338 e. The normalized spacial score (nSPS) is 14.4. The monoisotopic (exact) mass is 194 g/mol. The summed E-state index contributed by atoms with van der Waals surface area (Å²) in [5.41, 5.74) is 4.93. The molecule has 0 aromatic carbocycles. The Balaban J connectivity index is 4.09. The van der Waals surface area contributed by atoms with E-state index in [1.165, 1.54) is 0 Å². The Hall–Kier alpha value is -0.0200. The first-order valence-electron chi connectivity index (χ1n) is 4.02. The zero-order valence-electron chi connectivity index (χ0n) is 7.53. The maximum atomic E-state index is 11.1. The van der Waals surface area contributed by atoms with Gasteiger partial charge in [0.25, 0.3) is 0 Å². The van der Waals surface area contributed by atoms with E-state index in [-0.39, 0.29) is 18.6 Å². The number of rotatable bonds is 5. The lowest BCUT2D eigenvalue weighted by Crippen LogP contribution is -2.24. The second-order valence-electron chi connectivity index (χ2n) is 3.03. The number of carbonyl (C=O) groups is 1. The highest BCUT2D eigenvalue weighted by atomic mass is 31.2. The molecule has 0 aliphatic heterocycles. The average Bonchev–Trinajstić information content (AvgIpc) is 1.85. The van der Waals surface area contributed by atoms with E-state index < -0.39 is 13.2 Å². The lowest BCUT2D eigenvalue weighted by Gasteiger charge is -2.11. The van der Waals surface area contributed by atoms with Crippen LogP contribution >= 0.6 is 7.72 Å². The van der Waals surface area contributed by atoms with Crippen molar-refractivity contribution in [1.29, 1.82) is 0 Å². The van der Waals surface area contributed by atoms with Gasteiger partial charge in [-0.15, -0.1) is 0 Å². The van der Waals surface area contributed by atoms with Gasteiger partial charge in [-0.3, -0.25) is 0 Å². The summed E-state index contributed by atoms with van der Waals surface area (Å²) in [6.45, 7) is 3.48. The molecule has 5 heteroatoms. The van der Waals surface area contributed by atoms with E-state index in [0.717, 1.165) is 0 Å². The van der Waals surface area contributed by atoms with E-state index >= 15 is 0 Å².